The van der Waals surface area contributed by atoms with Crippen LogP contribution in [0.2, 0.25) is 0 Å². The molecule has 2 aromatic rings. The maximum Gasteiger partial charge on any atom is 0.339 e. The lowest BCUT2D eigenvalue weighted by atomic mass is 9.94. The van der Waals surface area contributed by atoms with Crippen molar-refractivity contribution in [3.63, 3.8) is 0 Å². The summed E-state index contributed by atoms with van der Waals surface area (Å²) in [7, 11) is 1.74. The molecular weight excluding hydrogens is 351 g/mol. The first-order chi connectivity index (χ1) is 12.3. The van der Waals surface area contributed by atoms with Gasteiger partial charge in [-0.2, -0.15) is 8.42 Å². The van der Waals surface area contributed by atoms with Crippen LogP contribution in [0.15, 0.2) is 47.4 Å². The number of hydrogen-bond donors (Lipinski definition) is 0. The number of likely N-dealkylation sites (N-methyl/N-ethyl adjacent to an activating group) is 1. The van der Waals surface area contributed by atoms with Crippen LogP contribution in [0.1, 0.15) is 12.5 Å². The molecule has 0 bridgehead atoms. The predicted octanol–water partition coefficient (Wildman–Crippen LogP) is 1.82. The van der Waals surface area contributed by atoms with E-state index in [1.165, 1.54) is 18.2 Å². The Morgan fingerprint density at radius 3 is 2.38 bits per heavy atom. The van der Waals surface area contributed by atoms with E-state index >= 15 is 0 Å². The molecule has 2 aromatic carbocycles. The molecule has 2 amide bonds. The number of carbonyl (C=O) groups is 1. The van der Waals surface area contributed by atoms with Gasteiger partial charge in [0.25, 0.3) is 0 Å². The van der Waals surface area contributed by atoms with Gasteiger partial charge in [0.2, 0.25) is 0 Å². The molecule has 1 fully saturated rings. The number of benzene rings is 2. The third-order valence-electron chi connectivity index (χ3n) is 4.19. The Hall–Kier alpha value is -2.48. The molecule has 0 aromatic heterocycles. The number of amides is 2. The molecule has 0 spiro atoms. The van der Waals surface area contributed by atoms with Crippen LogP contribution in [-0.4, -0.2) is 46.8 Å². The number of aryl methyl sites for hydroxylation is 1. The second kappa shape index (κ2) is 7.03. The van der Waals surface area contributed by atoms with Crippen LogP contribution in [0.3, 0.4) is 0 Å². The Labute approximate surface area is 154 Å². The fourth-order valence-corrected chi connectivity index (χ4v) is 3.82. The molecule has 26 heavy (non-hydrogen) atoms. The molecule has 0 N–H and O–H groups in total. The Bertz CT molecular complexity index is 908. The molecule has 0 atom stereocenters. The minimum Gasteiger partial charge on any atom is -0.379 e. The van der Waals surface area contributed by atoms with Crippen LogP contribution < -0.4 is 14.5 Å². The van der Waals surface area contributed by atoms with Crippen molar-refractivity contribution < 1.29 is 17.4 Å². The number of anilines is 1. The normalized spacial score (nSPS) is 14.8. The second-order valence-corrected chi connectivity index (χ2v) is 7.67. The number of urea groups is 1. The first kappa shape index (κ1) is 18.3. The van der Waals surface area contributed by atoms with Gasteiger partial charge in [0.1, 0.15) is 18.5 Å². The minimum atomic E-state index is -3.99. The van der Waals surface area contributed by atoms with Gasteiger partial charge in [-0.05, 0) is 55.8 Å². The first-order valence-electron chi connectivity index (χ1n) is 8.28. The van der Waals surface area contributed by atoms with Crippen LogP contribution in [-0.2, 0) is 10.1 Å². The molecule has 1 aliphatic rings. The van der Waals surface area contributed by atoms with Gasteiger partial charge in [0, 0.05) is 25.3 Å². The monoisotopic (exact) mass is 370 g/mol. The highest BCUT2D eigenvalue weighted by atomic mass is 32.2. The quantitative estimate of drug-likeness (QED) is 0.595. The van der Waals surface area contributed by atoms with E-state index in [2.05, 4.69) is 0 Å². The average molecular weight is 370 g/mol. The van der Waals surface area contributed by atoms with Crippen molar-refractivity contribution in [1.29, 1.82) is 0 Å². The maximum absolute atomic E-state index is 12.5. The highest BCUT2D eigenvalue weighted by Gasteiger charge is 2.28. The largest absolute Gasteiger partial charge is 0.379 e. The Morgan fingerprint density at radius 1 is 1.12 bits per heavy atom. The van der Waals surface area contributed by atoms with Crippen molar-refractivity contribution in [2.45, 2.75) is 18.7 Å². The van der Waals surface area contributed by atoms with E-state index in [1.54, 1.807) is 41.0 Å². The smallest absolute Gasteiger partial charge is 0.339 e. The van der Waals surface area contributed by atoms with E-state index in [9.17, 15) is 13.2 Å². The first-order valence-corrected chi connectivity index (χ1v) is 9.69. The Balaban J connectivity index is 1.80. The summed E-state index contributed by atoms with van der Waals surface area (Å²) >= 11 is 0. The maximum atomic E-state index is 12.5. The Kier molecular flexibility index (Phi) is 4.95. The van der Waals surface area contributed by atoms with Gasteiger partial charge in [-0.1, -0.05) is 11.5 Å². The molecule has 0 unspecified atom stereocenters. The Morgan fingerprint density at radius 2 is 1.81 bits per heavy atom. The van der Waals surface area contributed by atoms with Crippen molar-refractivity contribution in [1.82, 2.24) is 4.90 Å². The molecule has 1 heterocycles. The second-order valence-electron chi connectivity index (χ2n) is 6.12. The van der Waals surface area contributed by atoms with Crippen molar-refractivity contribution in [2.75, 3.05) is 24.5 Å². The van der Waals surface area contributed by atoms with Crippen molar-refractivity contribution >= 4 is 35.1 Å². The molecule has 8 heteroatoms. The minimum absolute atomic E-state index is 0.0142. The summed E-state index contributed by atoms with van der Waals surface area (Å²) in [4.78, 5) is 15.6. The van der Waals surface area contributed by atoms with Crippen molar-refractivity contribution in [3.05, 3.63) is 48.0 Å². The molecule has 134 valence electrons. The van der Waals surface area contributed by atoms with Gasteiger partial charge < -0.3 is 9.08 Å². The topological polar surface area (TPSA) is 66.9 Å². The van der Waals surface area contributed by atoms with Crippen LogP contribution in [0.4, 0.5) is 10.5 Å². The van der Waals surface area contributed by atoms with E-state index in [1.807, 2.05) is 6.92 Å². The van der Waals surface area contributed by atoms with Gasteiger partial charge in [-0.3, -0.25) is 4.90 Å². The zero-order valence-corrected chi connectivity index (χ0v) is 15.5. The number of rotatable bonds is 5. The molecule has 0 aliphatic carbocycles. The number of hydrogen-bond acceptors (Lipinski definition) is 4. The van der Waals surface area contributed by atoms with Crippen LogP contribution >= 0.6 is 0 Å². The summed E-state index contributed by atoms with van der Waals surface area (Å²) in [5.74, 6) is 0.167. The van der Waals surface area contributed by atoms with Gasteiger partial charge in [0.15, 0.2) is 0 Å². The molecule has 1 aliphatic heterocycles. The lowest BCUT2D eigenvalue weighted by Crippen LogP contribution is -2.31. The van der Waals surface area contributed by atoms with E-state index in [-0.39, 0.29) is 16.7 Å². The number of nitrogens with zero attached hydrogens (tertiary/aromatic N) is 2. The lowest BCUT2D eigenvalue weighted by molar-refractivity contribution is 0.223. The molecule has 0 saturated carbocycles. The molecule has 6 nitrogen and oxygen atoms in total. The standard InChI is InChI=1S/C18H19BN2O4S/c1-3-20-8-9-21(18(20)22)15-4-6-17(7-5-15)26(23,24)25-16-11-13(2)10-14(19)12-16/h4-7,10-12H,3,8-9H2,1-2H3. The van der Waals surface area contributed by atoms with E-state index in [0.717, 1.165) is 5.56 Å². The summed E-state index contributed by atoms with van der Waals surface area (Å²) in [6, 6.07) is 10.8. The molecule has 3 rings (SSSR count). The van der Waals surface area contributed by atoms with Gasteiger partial charge in [-0.15, -0.1) is 0 Å². The van der Waals surface area contributed by atoms with Crippen LogP contribution in [0.5, 0.6) is 5.75 Å². The van der Waals surface area contributed by atoms with Gasteiger partial charge >= 0.3 is 16.1 Å². The van der Waals surface area contributed by atoms with E-state index in [4.69, 9.17) is 12.0 Å². The summed E-state index contributed by atoms with van der Waals surface area (Å²) in [6.07, 6.45) is 0. The van der Waals surface area contributed by atoms with E-state index in [0.29, 0.717) is 30.8 Å². The van der Waals surface area contributed by atoms with Crippen LogP contribution in [0.25, 0.3) is 0 Å². The fraction of sp³-hybridized carbons (Fsp3) is 0.278. The third kappa shape index (κ3) is 3.70. The molecule has 2 radical (unpaired) electrons. The lowest BCUT2D eigenvalue weighted by Gasteiger charge is -2.17. The van der Waals surface area contributed by atoms with Crippen LogP contribution in [0, 0.1) is 6.92 Å². The molecule has 1 saturated heterocycles. The SMILES string of the molecule is [B]c1cc(C)cc(OS(=O)(=O)c2ccc(N3CCN(CC)C3=O)cc2)c1. The fourth-order valence-electron chi connectivity index (χ4n) is 2.91. The third-order valence-corrected chi connectivity index (χ3v) is 5.45. The summed E-state index contributed by atoms with van der Waals surface area (Å²) in [6.45, 7) is 5.62. The van der Waals surface area contributed by atoms with E-state index < -0.39 is 10.1 Å². The zero-order chi connectivity index (χ0) is 18.9. The summed E-state index contributed by atoms with van der Waals surface area (Å²) in [5.41, 5.74) is 1.89. The molecular formula is C18H19BN2O4S. The van der Waals surface area contributed by atoms with Crippen molar-refractivity contribution in [3.8, 4) is 5.75 Å². The van der Waals surface area contributed by atoms with Gasteiger partial charge in [-0.25, -0.2) is 4.79 Å². The highest BCUT2D eigenvalue weighted by Crippen LogP contribution is 2.24. The summed E-state index contributed by atoms with van der Waals surface area (Å²) in [5, 5.41) is 0. The zero-order valence-electron chi connectivity index (χ0n) is 14.7. The average Bonchev–Trinajstić information content (AvgIpc) is 2.94. The number of carbonyl (C=O) groups excluding carboxylic acids is 1. The predicted molar refractivity (Wildman–Crippen MR) is 101 cm³/mol. The summed E-state index contributed by atoms with van der Waals surface area (Å²) < 4.78 is 30.1. The highest BCUT2D eigenvalue weighted by molar-refractivity contribution is 7.87. The van der Waals surface area contributed by atoms with Gasteiger partial charge in [0.05, 0.1) is 0 Å². The van der Waals surface area contributed by atoms with Crippen molar-refractivity contribution in [2.24, 2.45) is 0 Å².